The largest absolute Gasteiger partial charge is 0.494 e. The van der Waals surface area contributed by atoms with Gasteiger partial charge in [-0.05, 0) is 51.3 Å². The highest BCUT2D eigenvalue weighted by atomic mass is 32.2. The van der Waals surface area contributed by atoms with Gasteiger partial charge in [0, 0.05) is 25.2 Å². The van der Waals surface area contributed by atoms with E-state index in [-0.39, 0.29) is 17.1 Å². The van der Waals surface area contributed by atoms with Crippen LogP contribution in [0.4, 0.5) is 18.9 Å². The molecule has 0 spiro atoms. The summed E-state index contributed by atoms with van der Waals surface area (Å²) in [6.07, 6.45) is 0.756. The van der Waals surface area contributed by atoms with Crippen molar-refractivity contribution in [3.05, 3.63) is 54.7 Å². The first-order chi connectivity index (χ1) is 17.4. The van der Waals surface area contributed by atoms with Crippen molar-refractivity contribution in [2.75, 3.05) is 38.6 Å². The number of rotatable bonds is 9. The van der Waals surface area contributed by atoms with Crippen LogP contribution >= 0.6 is 0 Å². The number of anilines is 1. The molecule has 0 aliphatic heterocycles. The fourth-order valence-electron chi connectivity index (χ4n) is 3.94. The lowest BCUT2D eigenvalue weighted by molar-refractivity contribution is -0.141. The Labute approximate surface area is 211 Å². The van der Waals surface area contributed by atoms with Gasteiger partial charge >= 0.3 is 6.18 Å². The van der Waals surface area contributed by atoms with Crippen molar-refractivity contribution >= 4 is 26.6 Å². The van der Waals surface area contributed by atoms with Crippen LogP contribution in [0.25, 0.3) is 16.6 Å². The summed E-state index contributed by atoms with van der Waals surface area (Å²) in [5, 5.41) is 9.02. The summed E-state index contributed by atoms with van der Waals surface area (Å²) < 4.78 is 76.8. The van der Waals surface area contributed by atoms with E-state index in [0.717, 1.165) is 28.5 Å². The molecule has 14 heteroatoms. The van der Waals surface area contributed by atoms with Gasteiger partial charge in [-0.15, -0.1) is 0 Å². The second-order valence-electron chi connectivity index (χ2n) is 8.57. The van der Waals surface area contributed by atoms with Gasteiger partial charge in [-0.1, -0.05) is 0 Å². The first-order valence-electron chi connectivity index (χ1n) is 11.2. The number of sulfonamides is 1. The molecule has 4 aromatic rings. The predicted octanol–water partition coefficient (Wildman–Crippen LogP) is 3.33. The fraction of sp³-hybridized carbons (Fsp3) is 0.348. The zero-order valence-corrected chi connectivity index (χ0v) is 21.5. The Morgan fingerprint density at radius 3 is 2.51 bits per heavy atom. The van der Waals surface area contributed by atoms with Crippen LogP contribution in [0.15, 0.2) is 53.9 Å². The van der Waals surface area contributed by atoms with Crippen LogP contribution in [0.1, 0.15) is 12.1 Å². The first kappa shape index (κ1) is 26.4. The molecule has 0 saturated heterocycles. The molecule has 1 aromatic carbocycles. The van der Waals surface area contributed by atoms with Gasteiger partial charge in [0.1, 0.15) is 22.0 Å². The number of halogens is 3. The summed E-state index contributed by atoms with van der Waals surface area (Å²) in [6.45, 7) is 0.728. The maximum atomic E-state index is 14.0. The Morgan fingerprint density at radius 2 is 1.84 bits per heavy atom. The minimum Gasteiger partial charge on any atom is -0.494 e. The zero-order chi connectivity index (χ0) is 27.0. The third-order valence-electron chi connectivity index (χ3n) is 5.72. The van der Waals surface area contributed by atoms with Crippen molar-refractivity contribution in [1.29, 1.82) is 0 Å². The highest BCUT2D eigenvalue weighted by Crippen LogP contribution is 2.39. The monoisotopic (exact) mass is 537 g/mol. The number of hydrogen-bond acceptors (Lipinski definition) is 7. The van der Waals surface area contributed by atoms with Gasteiger partial charge in [-0.25, -0.2) is 13.1 Å². The summed E-state index contributed by atoms with van der Waals surface area (Å²) in [6, 6.07) is 5.58. The molecule has 0 bridgehead atoms. The molecule has 0 aliphatic carbocycles. The highest BCUT2D eigenvalue weighted by molar-refractivity contribution is 7.92. The molecular weight excluding hydrogens is 511 g/mol. The molecule has 0 unspecified atom stereocenters. The standard InChI is InChI=1S/C23H26F3N7O3S/c1-30(2)10-5-11-33(22-19(36-4)7-6-16-13-28-31(3)21(16)22)37(34,35)18-14-29-32(15-18)17-8-9-27-20(12-17)23(24,25)26/h6-9,12-15H,5,10-11H2,1-4H3. The molecule has 0 aliphatic rings. The molecule has 3 aromatic heterocycles. The van der Waals surface area contributed by atoms with Gasteiger partial charge in [0.25, 0.3) is 10.0 Å². The topological polar surface area (TPSA) is 98.4 Å². The van der Waals surface area contributed by atoms with Gasteiger partial charge in [-0.2, -0.15) is 23.4 Å². The van der Waals surface area contributed by atoms with E-state index in [1.165, 1.54) is 23.7 Å². The number of hydrogen-bond donors (Lipinski definition) is 0. The van der Waals surface area contributed by atoms with Crippen molar-refractivity contribution in [2.45, 2.75) is 17.5 Å². The van der Waals surface area contributed by atoms with Crippen molar-refractivity contribution in [3.8, 4) is 11.4 Å². The number of fused-ring (bicyclic) bond motifs is 1. The quantitative estimate of drug-likeness (QED) is 0.323. The average Bonchev–Trinajstić information content (AvgIpc) is 3.49. The number of pyridine rings is 1. The minimum absolute atomic E-state index is 0.0225. The lowest BCUT2D eigenvalue weighted by Gasteiger charge is -2.27. The summed E-state index contributed by atoms with van der Waals surface area (Å²) in [5.74, 6) is 0.334. The number of methoxy groups -OCH3 is 1. The minimum atomic E-state index is -4.65. The van der Waals surface area contributed by atoms with E-state index >= 15 is 0 Å². The van der Waals surface area contributed by atoms with Crippen LogP contribution in [-0.2, 0) is 23.2 Å². The summed E-state index contributed by atoms with van der Waals surface area (Å²) >= 11 is 0. The highest BCUT2D eigenvalue weighted by Gasteiger charge is 2.34. The maximum Gasteiger partial charge on any atom is 0.433 e. The van der Waals surface area contributed by atoms with Crippen molar-refractivity contribution in [2.24, 2.45) is 7.05 Å². The van der Waals surface area contributed by atoms with Gasteiger partial charge < -0.3 is 9.64 Å². The third-order valence-corrected chi connectivity index (χ3v) is 7.47. The summed E-state index contributed by atoms with van der Waals surface area (Å²) in [7, 11) is 2.70. The molecule has 0 amide bonds. The molecule has 0 atom stereocenters. The smallest absolute Gasteiger partial charge is 0.433 e. The molecular formula is C23H26F3N7O3S. The van der Waals surface area contributed by atoms with Gasteiger partial charge in [0.05, 0.1) is 36.9 Å². The molecule has 0 N–H and O–H groups in total. The molecule has 37 heavy (non-hydrogen) atoms. The number of nitrogens with zero attached hydrogens (tertiary/aromatic N) is 7. The lowest BCUT2D eigenvalue weighted by Crippen LogP contribution is -2.34. The normalized spacial score (nSPS) is 12.4. The molecule has 0 fully saturated rings. The Morgan fingerprint density at radius 1 is 1.08 bits per heavy atom. The predicted molar refractivity (Wildman–Crippen MR) is 131 cm³/mol. The summed E-state index contributed by atoms with van der Waals surface area (Å²) in [4.78, 5) is 5.09. The maximum absolute atomic E-state index is 14.0. The Hall–Kier alpha value is -3.65. The number of alkyl halides is 3. The Balaban J connectivity index is 1.82. The number of aromatic nitrogens is 5. The van der Waals surface area contributed by atoms with Crippen LogP contribution in [0.3, 0.4) is 0 Å². The van der Waals surface area contributed by atoms with Crippen LogP contribution in [0.5, 0.6) is 5.75 Å². The van der Waals surface area contributed by atoms with E-state index in [9.17, 15) is 21.6 Å². The van der Waals surface area contributed by atoms with E-state index in [4.69, 9.17) is 4.74 Å². The van der Waals surface area contributed by atoms with Gasteiger partial charge in [0.2, 0.25) is 0 Å². The van der Waals surface area contributed by atoms with Crippen molar-refractivity contribution in [1.82, 2.24) is 29.4 Å². The lowest BCUT2D eigenvalue weighted by atomic mass is 10.2. The SMILES string of the molecule is COc1ccc2cnn(C)c2c1N(CCCN(C)C)S(=O)(=O)c1cnn(-c2ccnc(C(F)(F)F)c2)c1. The van der Waals surface area contributed by atoms with E-state index < -0.39 is 21.9 Å². The second-order valence-corrected chi connectivity index (χ2v) is 10.4. The van der Waals surface area contributed by atoms with E-state index in [2.05, 4.69) is 15.2 Å². The average molecular weight is 538 g/mol. The molecule has 4 rings (SSSR count). The molecule has 3 heterocycles. The van der Waals surface area contributed by atoms with Crippen LogP contribution in [-0.4, -0.2) is 72.2 Å². The second kappa shape index (κ2) is 10.0. The van der Waals surface area contributed by atoms with E-state index in [1.807, 2.05) is 19.0 Å². The Kier molecular flexibility index (Phi) is 7.15. The van der Waals surface area contributed by atoms with Crippen LogP contribution < -0.4 is 9.04 Å². The van der Waals surface area contributed by atoms with E-state index in [1.54, 1.807) is 30.1 Å². The van der Waals surface area contributed by atoms with Gasteiger partial charge in [-0.3, -0.25) is 14.0 Å². The first-order valence-corrected chi connectivity index (χ1v) is 12.6. The van der Waals surface area contributed by atoms with Crippen LogP contribution in [0, 0.1) is 0 Å². The van der Waals surface area contributed by atoms with Crippen LogP contribution in [0.2, 0.25) is 0 Å². The van der Waals surface area contributed by atoms with Crippen molar-refractivity contribution in [3.63, 3.8) is 0 Å². The number of aryl methyl sites for hydroxylation is 1. The molecule has 10 nitrogen and oxygen atoms in total. The fourth-order valence-corrected chi connectivity index (χ4v) is 5.40. The molecule has 0 radical (unpaired) electrons. The third kappa shape index (κ3) is 5.25. The van der Waals surface area contributed by atoms with E-state index in [0.29, 0.717) is 29.9 Å². The number of benzene rings is 1. The molecule has 198 valence electrons. The van der Waals surface area contributed by atoms with Gasteiger partial charge in [0.15, 0.2) is 0 Å². The summed E-state index contributed by atoms with van der Waals surface area (Å²) in [5.41, 5.74) is -0.212. The molecule has 0 saturated carbocycles. The Bertz CT molecular complexity index is 1510. The van der Waals surface area contributed by atoms with Crippen molar-refractivity contribution < 1.29 is 26.3 Å². The number of ether oxygens (including phenoxy) is 1. The zero-order valence-electron chi connectivity index (χ0n) is 20.6.